The van der Waals surface area contributed by atoms with Crippen LogP contribution in [0.1, 0.15) is 28.4 Å². The highest BCUT2D eigenvalue weighted by Gasteiger charge is 2.31. The third-order valence-corrected chi connectivity index (χ3v) is 7.34. The molecule has 0 aliphatic carbocycles. The fourth-order valence-corrected chi connectivity index (χ4v) is 5.12. The predicted molar refractivity (Wildman–Crippen MR) is 156 cm³/mol. The lowest BCUT2D eigenvalue weighted by Gasteiger charge is -2.28. The van der Waals surface area contributed by atoms with Crippen molar-refractivity contribution in [3.8, 4) is 5.75 Å². The molecule has 2 unspecified atom stereocenters. The van der Waals surface area contributed by atoms with E-state index < -0.39 is 6.04 Å². The highest BCUT2D eigenvalue weighted by atomic mass is 16.5. The molecule has 2 aliphatic rings. The molecular formula is C30H31N7O3. The van der Waals surface area contributed by atoms with Crippen LogP contribution in [0.3, 0.4) is 0 Å². The molecular weight excluding hydrogens is 506 g/mol. The molecule has 0 radical (unpaired) electrons. The zero-order chi connectivity index (χ0) is 27.8. The molecule has 204 valence electrons. The van der Waals surface area contributed by atoms with Crippen LogP contribution in [0.2, 0.25) is 0 Å². The van der Waals surface area contributed by atoms with Crippen LogP contribution in [-0.2, 0) is 0 Å². The van der Waals surface area contributed by atoms with Gasteiger partial charge in [-0.05, 0) is 55.4 Å². The molecule has 1 saturated heterocycles. The highest BCUT2D eigenvalue weighted by molar-refractivity contribution is 6.06. The fraction of sp³-hybridized carbons (Fsp3) is 0.267. The summed E-state index contributed by atoms with van der Waals surface area (Å²) in [7, 11) is 3.65. The molecule has 10 nitrogen and oxygen atoms in total. The van der Waals surface area contributed by atoms with E-state index in [1.54, 1.807) is 23.2 Å². The lowest BCUT2D eigenvalue weighted by atomic mass is 9.97. The van der Waals surface area contributed by atoms with E-state index >= 15 is 0 Å². The molecule has 6 rings (SSSR count). The number of nitrogens with one attached hydrogen (secondary N) is 3. The van der Waals surface area contributed by atoms with E-state index in [0.29, 0.717) is 33.8 Å². The predicted octanol–water partition coefficient (Wildman–Crippen LogP) is 3.66. The summed E-state index contributed by atoms with van der Waals surface area (Å²) >= 11 is 0. The number of pyridine rings is 1. The van der Waals surface area contributed by atoms with E-state index in [1.165, 1.54) is 4.57 Å². The topological polar surface area (TPSA) is 113 Å². The molecule has 2 aromatic heterocycles. The van der Waals surface area contributed by atoms with Crippen molar-refractivity contribution in [1.29, 1.82) is 0 Å². The summed E-state index contributed by atoms with van der Waals surface area (Å²) in [6.07, 6.45) is 2.82. The normalized spacial score (nSPS) is 18.2. The number of Topliss-reactive ketones (excluding diaryl/α,β-unsaturated/α-hetero) is 1. The fourth-order valence-electron chi connectivity index (χ4n) is 5.12. The van der Waals surface area contributed by atoms with Gasteiger partial charge in [0.1, 0.15) is 23.5 Å². The van der Waals surface area contributed by atoms with Crippen LogP contribution in [0.25, 0.3) is 16.7 Å². The van der Waals surface area contributed by atoms with Crippen molar-refractivity contribution in [2.24, 2.45) is 0 Å². The van der Waals surface area contributed by atoms with Gasteiger partial charge in [-0.1, -0.05) is 18.7 Å². The number of hydrogen-bond donors (Lipinski definition) is 3. The number of rotatable bonds is 7. The van der Waals surface area contributed by atoms with Gasteiger partial charge in [-0.15, -0.1) is 0 Å². The minimum absolute atomic E-state index is 0.147. The van der Waals surface area contributed by atoms with E-state index in [2.05, 4.69) is 27.5 Å². The Balaban J connectivity index is 1.38. The minimum Gasteiger partial charge on any atom is -0.489 e. The maximum Gasteiger partial charge on any atom is 0.262 e. The molecule has 0 saturated carbocycles. The summed E-state index contributed by atoms with van der Waals surface area (Å²) in [5.41, 5.74) is 3.02. The molecule has 2 atom stereocenters. The Morgan fingerprint density at radius 2 is 1.93 bits per heavy atom. The maximum atomic E-state index is 13.9. The zero-order valence-electron chi connectivity index (χ0n) is 22.5. The smallest absolute Gasteiger partial charge is 0.262 e. The molecule has 1 fully saturated rings. The molecule has 0 bridgehead atoms. The van der Waals surface area contributed by atoms with Gasteiger partial charge < -0.3 is 25.6 Å². The van der Waals surface area contributed by atoms with E-state index in [1.807, 2.05) is 56.6 Å². The van der Waals surface area contributed by atoms with Crippen LogP contribution < -0.4 is 26.2 Å². The average molecular weight is 538 g/mol. The number of carbonyl (C=O) groups is 1. The second kappa shape index (κ2) is 10.5. The molecule has 2 aromatic carbocycles. The van der Waals surface area contributed by atoms with Gasteiger partial charge >= 0.3 is 0 Å². The van der Waals surface area contributed by atoms with Gasteiger partial charge in [-0.2, -0.15) is 4.98 Å². The van der Waals surface area contributed by atoms with Gasteiger partial charge in [-0.3, -0.25) is 14.2 Å². The largest absolute Gasteiger partial charge is 0.489 e. The molecule has 0 spiro atoms. The van der Waals surface area contributed by atoms with Crippen molar-refractivity contribution >= 4 is 39.8 Å². The number of benzene rings is 2. The van der Waals surface area contributed by atoms with Crippen molar-refractivity contribution in [2.75, 3.05) is 44.4 Å². The quantitative estimate of drug-likeness (QED) is 0.325. The number of para-hydroxylation sites is 1. The van der Waals surface area contributed by atoms with Gasteiger partial charge in [0, 0.05) is 61.4 Å². The Morgan fingerprint density at radius 1 is 1.12 bits per heavy atom. The van der Waals surface area contributed by atoms with E-state index in [-0.39, 0.29) is 24.0 Å². The van der Waals surface area contributed by atoms with Crippen molar-refractivity contribution < 1.29 is 9.53 Å². The number of aromatic nitrogens is 3. The second-order valence-corrected chi connectivity index (χ2v) is 10.2. The summed E-state index contributed by atoms with van der Waals surface area (Å²) in [5.74, 6) is 0.960. The Labute approximate surface area is 231 Å². The molecule has 2 aliphatic heterocycles. The number of anilines is 3. The Morgan fingerprint density at radius 3 is 2.67 bits per heavy atom. The summed E-state index contributed by atoms with van der Waals surface area (Å²) in [4.78, 5) is 38.6. The average Bonchev–Trinajstić information content (AvgIpc) is 3.47. The lowest BCUT2D eigenvalue weighted by molar-refractivity contribution is 0.0927. The molecule has 4 heterocycles. The van der Waals surface area contributed by atoms with Crippen LogP contribution >= 0.6 is 0 Å². The number of ketones is 1. The highest BCUT2D eigenvalue weighted by Crippen LogP contribution is 2.29. The van der Waals surface area contributed by atoms with Gasteiger partial charge in [0.15, 0.2) is 5.78 Å². The van der Waals surface area contributed by atoms with Crippen LogP contribution in [0.4, 0.5) is 17.3 Å². The molecule has 10 heteroatoms. The molecule has 3 N–H and O–H groups in total. The van der Waals surface area contributed by atoms with Gasteiger partial charge in [0.05, 0.1) is 5.56 Å². The molecule has 4 aromatic rings. The second-order valence-electron chi connectivity index (χ2n) is 10.2. The monoisotopic (exact) mass is 537 g/mol. The number of nitrogens with zero attached hydrogens (tertiary/aromatic N) is 4. The summed E-state index contributed by atoms with van der Waals surface area (Å²) in [6, 6.07) is 15.9. The first-order valence-electron chi connectivity index (χ1n) is 13.3. The third kappa shape index (κ3) is 4.77. The minimum atomic E-state index is -0.788. The van der Waals surface area contributed by atoms with Crippen LogP contribution in [0.15, 0.2) is 72.2 Å². The Bertz CT molecular complexity index is 1660. The molecule has 0 amide bonds. The Kier molecular flexibility index (Phi) is 6.69. The molecule has 40 heavy (non-hydrogen) atoms. The van der Waals surface area contributed by atoms with Gasteiger partial charge in [-0.25, -0.2) is 4.98 Å². The number of ether oxygens (including phenoxy) is 1. The van der Waals surface area contributed by atoms with Crippen molar-refractivity contribution in [2.45, 2.75) is 18.6 Å². The van der Waals surface area contributed by atoms with E-state index in [4.69, 9.17) is 9.72 Å². The number of fused-ring (bicyclic) bond motifs is 2. The number of carbonyl (C=O) groups excluding carboxylic acids is 1. The summed E-state index contributed by atoms with van der Waals surface area (Å²) < 4.78 is 7.48. The standard InChI is InChI=1S/C30H31N7O3/c1-18(36(2)3)24-14-19-15-33-30(34-20-8-10-21(11-9-20)40-22-12-13-31-16-22)35-28(19)37(29(24)39)26-17-32-25-7-5-4-6-23(25)27(26)38/h4-11,14-15,22,26,31-32H,1,12-13,16-17H2,2-3H3,(H,33,34,35). The van der Waals surface area contributed by atoms with Gasteiger partial charge in [0.25, 0.3) is 5.56 Å². The third-order valence-electron chi connectivity index (χ3n) is 7.34. The van der Waals surface area contributed by atoms with E-state index in [9.17, 15) is 9.59 Å². The van der Waals surface area contributed by atoms with Crippen molar-refractivity contribution in [1.82, 2.24) is 24.8 Å². The lowest BCUT2D eigenvalue weighted by Crippen LogP contribution is -2.39. The number of hydrogen-bond acceptors (Lipinski definition) is 9. The summed E-state index contributed by atoms with van der Waals surface area (Å²) in [5, 5.41) is 10.4. The first kappa shape index (κ1) is 25.6. The SMILES string of the molecule is C=C(c1cc2cnc(Nc3ccc(OC4CCNC4)cc3)nc2n(C2CNc3ccccc3C2=O)c1=O)N(C)C. The first-order chi connectivity index (χ1) is 19.4. The van der Waals surface area contributed by atoms with Crippen molar-refractivity contribution in [3.63, 3.8) is 0 Å². The van der Waals surface area contributed by atoms with Gasteiger partial charge in [0.2, 0.25) is 5.95 Å². The van der Waals surface area contributed by atoms with Crippen LogP contribution in [0, 0.1) is 0 Å². The van der Waals surface area contributed by atoms with E-state index in [0.717, 1.165) is 36.6 Å². The van der Waals surface area contributed by atoms with Crippen molar-refractivity contribution in [3.05, 3.63) is 88.9 Å². The maximum absolute atomic E-state index is 13.9. The van der Waals surface area contributed by atoms with Crippen LogP contribution in [0.5, 0.6) is 5.75 Å². The zero-order valence-corrected chi connectivity index (χ0v) is 22.5. The first-order valence-corrected chi connectivity index (χ1v) is 13.3. The Hall–Kier alpha value is -4.70. The summed E-state index contributed by atoms with van der Waals surface area (Å²) in [6.45, 7) is 6.16. The van der Waals surface area contributed by atoms with Crippen LogP contribution in [-0.4, -0.2) is 65.1 Å².